The maximum Gasteiger partial charge on any atom is 0.225 e. The van der Waals surface area contributed by atoms with Crippen LogP contribution in [0.2, 0.25) is 0 Å². The van der Waals surface area contributed by atoms with Crippen LogP contribution >= 0.6 is 0 Å². The van der Waals surface area contributed by atoms with Gasteiger partial charge in [0.15, 0.2) is 0 Å². The number of hydrogen-bond donors (Lipinski definition) is 1. The van der Waals surface area contributed by atoms with Gasteiger partial charge in [0, 0.05) is 25.0 Å². The quantitative estimate of drug-likeness (QED) is 0.792. The highest BCUT2D eigenvalue weighted by Gasteiger charge is 2.28. The van der Waals surface area contributed by atoms with Crippen molar-refractivity contribution in [2.24, 2.45) is 11.7 Å². The molecule has 1 heterocycles. The van der Waals surface area contributed by atoms with Crippen molar-refractivity contribution in [2.45, 2.75) is 71.3 Å². The van der Waals surface area contributed by atoms with Crippen LogP contribution in [-0.4, -0.2) is 29.9 Å². The Bertz CT molecular complexity index is 237. The molecule has 18 heavy (non-hydrogen) atoms. The zero-order chi connectivity index (χ0) is 13.4. The first kappa shape index (κ1) is 15.5. The molecule has 0 bridgehead atoms. The molecule has 1 aliphatic heterocycles. The lowest BCUT2D eigenvalue weighted by Gasteiger charge is -2.32. The van der Waals surface area contributed by atoms with E-state index in [4.69, 9.17) is 5.73 Å². The highest BCUT2D eigenvalue weighted by atomic mass is 16.2. The van der Waals surface area contributed by atoms with E-state index >= 15 is 0 Å². The molecule has 1 amide bonds. The first-order chi connectivity index (χ1) is 8.74. The number of nitrogens with two attached hydrogens (primary N) is 1. The number of hydrogen-bond acceptors (Lipinski definition) is 2. The van der Waals surface area contributed by atoms with Gasteiger partial charge in [-0.25, -0.2) is 0 Å². The van der Waals surface area contributed by atoms with E-state index in [9.17, 15) is 4.79 Å². The summed E-state index contributed by atoms with van der Waals surface area (Å²) in [5.41, 5.74) is 5.86. The topological polar surface area (TPSA) is 46.3 Å². The molecule has 1 fully saturated rings. The Balaban J connectivity index is 2.69. The number of nitrogens with zero attached hydrogens (tertiary/aromatic N) is 1. The Morgan fingerprint density at radius 2 is 1.89 bits per heavy atom. The van der Waals surface area contributed by atoms with Gasteiger partial charge in [-0.15, -0.1) is 0 Å². The molecular weight excluding hydrogens is 224 g/mol. The molecule has 0 aliphatic carbocycles. The second kappa shape index (κ2) is 8.52. The summed E-state index contributed by atoms with van der Waals surface area (Å²) >= 11 is 0. The van der Waals surface area contributed by atoms with Crippen LogP contribution in [0.3, 0.4) is 0 Å². The number of likely N-dealkylation sites (tertiary alicyclic amines) is 1. The smallest absolute Gasteiger partial charge is 0.225 e. The normalized spacial score (nSPS) is 21.1. The van der Waals surface area contributed by atoms with Crippen LogP contribution in [0.4, 0.5) is 0 Å². The maximum absolute atomic E-state index is 12.7. The Labute approximate surface area is 112 Å². The fourth-order valence-electron chi connectivity index (χ4n) is 3.04. The molecule has 0 saturated carbocycles. The molecule has 3 heteroatoms. The molecule has 106 valence electrons. The molecule has 0 aromatic rings. The molecule has 0 spiro atoms. The van der Waals surface area contributed by atoms with E-state index in [0.29, 0.717) is 12.5 Å². The highest BCUT2D eigenvalue weighted by Crippen LogP contribution is 2.22. The van der Waals surface area contributed by atoms with Crippen molar-refractivity contribution in [2.75, 3.05) is 13.1 Å². The number of carbonyl (C=O) groups excluding carboxylic acids is 1. The molecule has 1 unspecified atom stereocenters. The molecule has 0 aromatic carbocycles. The van der Waals surface area contributed by atoms with Crippen LogP contribution in [0.15, 0.2) is 0 Å². The minimum atomic E-state index is 0.229. The zero-order valence-electron chi connectivity index (χ0n) is 12.2. The molecule has 1 atom stereocenters. The lowest BCUT2D eigenvalue weighted by atomic mass is 9.95. The minimum Gasteiger partial charge on any atom is -0.338 e. The molecule has 1 rings (SSSR count). The molecule has 2 N–H and O–H groups in total. The van der Waals surface area contributed by atoms with E-state index in [1.807, 2.05) is 0 Å². The summed E-state index contributed by atoms with van der Waals surface area (Å²) in [6.45, 7) is 5.87. The fraction of sp³-hybridized carbons (Fsp3) is 0.933. The van der Waals surface area contributed by atoms with Crippen molar-refractivity contribution in [1.29, 1.82) is 0 Å². The second-order valence-electron chi connectivity index (χ2n) is 5.54. The summed E-state index contributed by atoms with van der Waals surface area (Å²) in [6, 6.07) is 0.288. The van der Waals surface area contributed by atoms with Gasteiger partial charge in [-0.2, -0.15) is 0 Å². The van der Waals surface area contributed by atoms with Crippen molar-refractivity contribution in [3.8, 4) is 0 Å². The largest absolute Gasteiger partial charge is 0.338 e. The van der Waals surface area contributed by atoms with Crippen molar-refractivity contribution in [1.82, 2.24) is 4.90 Å². The Morgan fingerprint density at radius 3 is 2.44 bits per heavy atom. The van der Waals surface area contributed by atoms with Gasteiger partial charge in [0.1, 0.15) is 0 Å². The Kier molecular flexibility index (Phi) is 7.33. The minimum absolute atomic E-state index is 0.229. The van der Waals surface area contributed by atoms with Gasteiger partial charge in [-0.3, -0.25) is 4.79 Å². The first-order valence-electron chi connectivity index (χ1n) is 7.75. The van der Waals surface area contributed by atoms with Gasteiger partial charge in [-0.05, 0) is 25.7 Å². The summed E-state index contributed by atoms with van der Waals surface area (Å²) in [5, 5.41) is 0. The van der Waals surface area contributed by atoms with Crippen LogP contribution in [0.1, 0.15) is 65.2 Å². The van der Waals surface area contributed by atoms with Gasteiger partial charge in [-0.1, -0.05) is 39.5 Å². The Hall–Kier alpha value is -0.570. The van der Waals surface area contributed by atoms with E-state index in [1.165, 1.54) is 12.8 Å². The molecule has 0 aromatic heterocycles. The fourth-order valence-corrected chi connectivity index (χ4v) is 3.04. The van der Waals surface area contributed by atoms with Crippen LogP contribution in [0, 0.1) is 5.92 Å². The van der Waals surface area contributed by atoms with Crippen molar-refractivity contribution in [3.63, 3.8) is 0 Å². The predicted molar refractivity (Wildman–Crippen MR) is 76.3 cm³/mol. The zero-order valence-corrected chi connectivity index (χ0v) is 12.2. The molecule has 1 aliphatic rings. The number of carbonyl (C=O) groups is 1. The summed E-state index contributed by atoms with van der Waals surface area (Å²) in [6.07, 6.45) is 8.95. The third kappa shape index (κ3) is 4.27. The molecule has 1 saturated heterocycles. The summed E-state index contributed by atoms with van der Waals surface area (Å²) < 4.78 is 0. The predicted octanol–water partition coefficient (Wildman–Crippen LogP) is 2.93. The van der Waals surface area contributed by atoms with Crippen LogP contribution < -0.4 is 5.73 Å². The van der Waals surface area contributed by atoms with Crippen molar-refractivity contribution < 1.29 is 4.79 Å². The second-order valence-corrected chi connectivity index (χ2v) is 5.54. The van der Waals surface area contributed by atoms with E-state index in [1.54, 1.807) is 0 Å². The van der Waals surface area contributed by atoms with Crippen molar-refractivity contribution in [3.05, 3.63) is 0 Å². The van der Waals surface area contributed by atoms with Gasteiger partial charge in [0.25, 0.3) is 0 Å². The third-order valence-corrected chi connectivity index (χ3v) is 4.06. The SMILES string of the molecule is CCCC(CCC)C(=O)N1CCCCCC1CN. The van der Waals surface area contributed by atoms with E-state index in [2.05, 4.69) is 18.7 Å². The third-order valence-electron chi connectivity index (χ3n) is 4.06. The van der Waals surface area contributed by atoms with Crippen LogP contribution in [0.5, 0.6) is 0 Å². The summed E-state index contributed by atoms with van der Waals surface area (Å²) in [4.78, 5) is 14.8. The van der Waals surface area contributed by atoms with Crippen LogP contribution in [0.25, 0.3) is 0 Å². The van der Waals surface area contributed by atoms with Crippen molar-refractivity contribution >= 4 is 5.91 Å². The summed E-state index contributed by atoms with van der Waals surface area (Å²) in [5.74, 6) is 0.600. The molecule has 0 radical (unpaired) electrons. The lowest BCUT2D eigenvalue weighted by molar-refractivity contribution is -0.138. The van der Waals surface area contributed by atoms with E-state index < -0.39 is 0 Å². The number of rotatable bonds is 6. The maximum atomic E-state index is 12.7. The Morgan fingerprint density at radius 1 is 1.22 bits per heavy atom. The highest BCUT2D eigenvalue weighted by molar-refractivity contribution is 5.79. The van der Waals surface area contributed by atoms with E-state index in [0.717, 1.165) is 45.1 Å². The van der Waals surface area contributed by atoms with E-state index in [-0.39, 0.29) is 12.0 Å². The number of amides is 1. The first-order valence-corrected chi connectivity index (χ1v) is 7.75. The van der Waals surface area contributed by atoms with Gasteiger partial charge < -0.3 is 10.6 Å². The standard InChI is InChI=1S/C15H30N2O/c1-3-8-13(9-4-2)15(18)17-11-7-5-6-10-14(17)12-16/h13-14H,3-12,16H2,1-2H3. The summed E-state index contributed by atoms with van der Waals surface area (Å²) in [7, 11) is 0. The average Bonchev–Trinajstić information content (AvgIpc) is 2.62. The average molecular weight is 254 g/mol. The van der Waals surface area contributed by atoms with Crippen LogP contribution in [-0.2, 0) is 4.79 Å². The van der Waals surface area contributed by atoms with Gasteiger partial charge in [0.2, 0.25) is 5.91 Å². The monoisotopic (exact) mass is 254 g/mol. The van der Waals surface area contributed by atoms with Gasteiger partial charge >= 0.3 is 0 Å². The molecule has 3 nitrogen and oxygen atoms in total. The lowest BCUT2D eigenvalue weighted by Crippen LogP contribution is -2.46. The van der Waals surface area contributed by atoms with Gasteiger partial charge in [0.05, 0.1) is 0 Å². The molecular formula is C15H30N2O.